The van der Waals surface area contributed by atoms with E-state index in [-0.39, 0.29) is 18.9 Å². The third-order valence-electron chi connectivity index (χ3n) is 0.678. The lowest BCUT2D eigenvalue weighted by Crippen LogP contribution is -2.14. The highest BCUT2D eigenvalue weighted by Crippen LogP contribution is 1.81. The molecule has 10 heavy (non-hydrogen) atoms. The van der Waals surface area contributed by atoms with Crippen molar-refractivity contribution in [3.63, 3.8) is 0 Å². The molecule has 0 aromatic rings. The van der Waals surface area contributed by atoms with Gasteiger partial charge in [0.25, 0.3) is 5.91 Å². The molecule has 0 spiro atoms. The Bertz CT molecular complexity index is 132. The van der Waals surface area contributed by atoms with E-state index in [9.17, 15) is 4.79 Å². The van der Waals surface area contributed by atoms with Gasteiger partial charge in [-0.15, -0.1) is 13.2 Å². The fraction of sp³-hybridized carbons (Fsp3) is 0.286. The molecule has 0 aliphatic carbocycles. The second kappa shape index (κ2) is 6.04. The van der Waals surface area contributed by atoms with E-state index in [0.29, 0.717) is 0 Å². The van der Waals surface area contributed by atoms with Gasteiger partial charge in [-0.05, 0) is 0 Å². The molecule has 0 bridgehead atoms. The average Bonchev–Trinajstić information content (AvgIpc) is 1.89. The van der Waals surface area contributed by atoms with Crippen LogP contribution in [-0.2, 0) is 9.63 Å². The average molecular weight is 140 g/mol. The predicted octanol–water partition coefficient (Wildman–Crippen LogP) is 0.811. The number of nitrogens with zero attached hydrogens (tertiary/aromatic N) is 1. The van der Waals surface area contributed by atoms with E-state index in [1.165, 1.54) is 12.2 Å². The topological polar surface area (TPSA) is 40.4 Å². The zero-order valence-electron chi connectivity index (χ0n) is 5.75. The maximum atomic E-state index is 10.5. The van der Waals surface area contributed by atoms with Crippen LogP contribution in [0.3, 0.4) is 0 Å². The molecule has 0 saturated heterocycles. The third kappa shape index (κ3) is 5.05. The number of carbonyl (C=O) groups is 1. The second-order valence-corrected chi connectivity index (χ2v) is 1.56. The molecule has 1 amide bonds. The monoisotopic (exact) mass is 140 g/mol. The van der Waals surface area contributed by atoms with E-state index < -0.39 is 0 Å². The molecule has 1 radical (unpaired) electrons. The fourth-order valence-corrected chi connectivity index (χ4v) is 0.323. The summed E-state index contributed by atoms with van der Waals surface area (Å²) in [5, 5.41) is 0. The minimum atomic E-state index is -0.322. The van der Waals surface area contributed by atoms with Crippen LogP contribution >= 0.6 is 0 Å². The maximum absolute atomic E-state index is 10.5. The molecule has 55 valence electrons. The van der Waals surface area contributed by atoms with Crippen molar-refractivity contribution in [1.29, 1.82) is 0 Å². The summed E-state index contributed by atoms with van der Waals surface area (Å²) in [7, 11) is 0. The van der Waals surface area contributed by atoms with Gasteiger partial charge in [0.1, 0.15) is 0 Å². The SMILES string of the molecule is C=CCO[N]C(=O)CC=C. The van der Waals surface area contributed by atoms with E-state index in [2.05, 4.69) is 23.5 Å². The Balaban J connectivity index is 3.20. The van der Waals surface area contributed by atoms with Crippen molar-refractivity contribution >= 4 is 5.91 Å². The molecule has 0 atom stereocenters. The lowest BCUT2D eigenvalue weighted by atomic mass is 10.4. The van der Waals surface area contributed by atoms with Crippen LogP contribution in [0.1, 0.15) is 6.42 Å². The van der Waals surface area contributed by atoms with Crippen molar-refractivity contribution in [1.82, 2.24) is 5.48 Å². The van der Waals surface area contributed by atoms with Crippen LogP contribution in [0.5, 0.6) is 0 Å². The van der Waals surface area contributed by atoms with Crippen molar-refractivity contribution in [2.24, 2.45) is 0 Å². The van der Waals surface area contributed by atoms with Crippen LogP contribution in [0.2, 0.25) is 0 Å². The van der Waals surface area contributed by atoms with Gasteiger partial charge in [-0.2, -0.15) is 0 Å². The zero-order valence-corrected chi connectivity index (χ0v) is 5.75. The minimum absolute atomic E-state index is 0.219. The van der Waals surface area contributed by atoms with Crippen LogP contribution in [0, 0.1) is 0 Å². The summed E-state index contributed by atoms with van der Waals surface area (Å²) in [6, 6.07) is 0. The van der Waals surface area contributed by atoms with E-state index in [0.717, 1.165) is 0 Å². The smallest absolute Gasteiger partial charge is 0.270 e. The molecule has 3 nitrogen and oxygen atoms in total. The lowest BCUT2D eigenvalue weighted by Gasteiger charge is -1.94. The van der Waals surface area contributed by atoms with Gasteiger partial charge in [0.2, 0.25) is 0 Å². The molecular weight excluding hydrogens is 130 g/mol. The number of carbonyl (C=O) groups excluding carboxylic acids is 1. The highest BCUT2D eigenvalue weighted by Gasteiger charge is 1.97. The van der Waals surface area contributed by atoms with E-state index >= 15 is 0 Å². The summed E-state index contributed by atoms with van der Waals surface area (Å²) in [5.41, 5.74) is 3.22. The van der Waals surface area contributed by atoms with Gasteiger partial charge in [0, 0.05) is 6.42 Å². The highest BCUT2D eigenvalue weighted by molar-refractivity contribution is 5.75. The Morgan fingerprint density at radius 2 is 2.20 bits per heavy atom. The summed E-state index contributed by atoms with van der Waals surface area (Å²) in [5.74, 6) is -0.322. The molecule has 0 aliphatic heterocycles. The summed E-state index contributed by atoms with van der Waals surface area (Å²) >= 11 is 0. The second-order valence-electron chi connectivity index (χ2n) is 1.56. The molecule has 3 heteroatoms. The predicted molar refractivity (Wildman–Crippen MR) is 38.1 cm³/mol. The van der Waals surface area contributed by atoms with Crippen LogP contribution in [0.4, 0.5) is 0 Å². The van der Waals surface area contributed by atoms with Crippen LogP contribution < -0.4 is 5.48 Å². The molecule has 0 aliphatic rings. The Labute approximate surface area is 60.3 Å². The Morgan fingerprint density at radius 3 is 2.70 bits per heavy atom. The van der Waals surface area contributed by atoms with Crippen LogP contribution in [0.15, 0.2) is 25.3 Å². The first-order valence-electron chi connectivity index (χ1n) is 2.89. The molecule has 0 saturated carbocycles. The first kappa shape index (κ1) is 8.91. The molecule has 0 aromatic heterocycles. The maximum Gasteiger partial charge on any atom is 0.273 e. The van der Waals surface area contributed by atoms with Crippen molar-refractivity contribution < 1.29 is 9.63 Å². The fourth-order valence-electron chi connectivity index (χ4n) is 0.323. The number of hydroxylamine groups is 1. The Kier molecular flexibility index (Phi) is 5.38. The molecule has 0 rings (SSSR count). The van der Waals surface area contributed by atoms with Gasteiger partial charge < -0.3 is 0 Å². The first-order chi connectivity index (χ1) is 4.81. The van der Waals surface area contributed by atoms with Crippen molar-refractivity contribution in [3.8, 4) is 0 Å². The normalized spacial score (nSPS) is 8.40. The minimum Gasteiger partial charge on any atom is -0.270 e. The van der Waals surface area contributed by atoms with Gasteiger partial charge in [-0.25, -0.2) is 4.84 Å². The summed E-state index contributed by atoms with van der Waals surface area (Å²) in [6.45, 7) is 7.03. The van der Waals surface area contributed by atoms with Gasteiger partial charge in [-0.1, -0.05) is 17.6 Å². The summed E-state index contributed by atoms with van der Waals surface area (Å²) < 4.78 is 0. The quantitative estimate of drug-likeness (QED) is 0.322. The van der Waals surface area contributed by atoms with Gasteiger partial charge >= 0.3 is 0 Å². The van der Waals surface area contributed by atoms with Crippen LogP contribution in [0.25, 0.3) is 0 Å². The summed E-state index contributed by atoms with van der Waals surface area (Å²) in [4.78, 5) is 15.0. The Morgan fingerprint density at radius 1 is 1.50 bits per heavy atom. The van der Waals surface area contributed by atoms with Gasteiger partial charge in [0.15, 0.2) is 0 Å². The van der Waals surface area contributed by atoms with Gasteiger partial charge in [-0.3, -0.25) is 4.79 Å². The molecular formula is C7H10NO2. The third-order valence-corrected chi connectivity index (χ3v) is 0.678. The number of hydrogen-bond donors (Lipinski definition) is 0. The zero-order chi connectivity index (χ0) is 7.82. The molecule has 0 aromatic carbocycles. The first-order valence-corrected chi connectivity index (χ1v) is 2.89. The molecule has 0 N–H and O–H groups in total. The largest absolute Gasteiger partial charge is 0.273 e. The van der Waals surface area contributed by atoms with E-state index in [1.54, 1.807) is 0 Å². The summed E-state index contributed by atoms with van der Waals surface area (Å²) in [6.07, 6.45) is 3.21. The van der Waals surface area contributed by atoms with Gasteiger partial charge in [0.05, 0.1) is 6.61 Å². The van der Waals surface area contributed by atoms with E-state index in [1.807, 2.05) is 0 Å². The number of hydrogen-bond acceptors (Lipinski definition) is 2. The van der Waals surface area contributed by atoms with E-state index in [4.69, 9.17) is 0 Å². The van der Waals surface area contributed by atoms with Crippen molar-refractivity contribution in [2.75, 3.05) is 6.61 Å². The van der Waals surface area contributed by atoms with Crippen LogP contribution in [-0.4, -0.2) is 12.5 Å². The Hall–Kier alpha value is -1.09. The lowest BCUT2D eigenvalue weighted by molar-refractivity contribution is -0.132. The number of amides is 1. The standard InChI is InChI=1S/C7H10NO2/c1-3-5-7(9)8-10-6-4-2/h3-4H,1-2,5-6H2. The van der Waals surface area contributed by atoms with Crippen molar-refractivity contribution in [3.05, 3.63) is 25.3 Å². The molecule has 0 heterocycles. The molecule has 0 unspecified atom stereocenters. The molecule has 0 fully saturated rings. The highest BCUT2D eigenvalue weighted by atomic mass is 16.6. The van der Waals surface area contributed by atoms with Crippen molar-refractivity contribution in [2.45, 2.75) is 6.42 Å². The number of rotatable bonds is 5.